The van der Waals surface area contributed by atoms with Crippen molar-refractivity contribution in [2.45, 2.75) is 43.7 Å². The van der Waals surface area contributed by atoms with Crippen LogP contribution in [0.4, 0.5) is 29.3 Å². The molecule has 0 bridgehead atoms. The highest BCUT2D eigenvalue weighted by Crippen LogP contribution is 2.40. The monoisotopic (exact) mass is 614 g/mol. The number of carbonyl (C=O) groups is 1. The minimum atomic E-state index is -4.79. The Kier molecular flexibility index (Phi) is 9.02. The molecule has 0 spiro atoms. The van der Waals surface area contributed by atoms with E-state index in [0.717, 1.165) is 12.1 Å². The smallest absolute Gasteiger partial charge is 0.416 e. The molecule has 0 fully saturated rings. The Bertz CT molecular complexity index is 1710. The summed E-state index contributed by atoms with van der Waals surface area (Å²) < 4.78 is 86.3. The number of hydrogen-bond donors (Lipinski definition) is 3. The molecule has 0 saturated carbocycles. The quantitative estimate of drug-likeness (QED) is 0.162. The molecule has 226 valence electrons. The van der Waals surface area contributed by atoms with Gasteiger partial charge in [-0.1, -0.05) is 45.0 Å². The lowest BCUT2D eigenvalue weighted by Crippen LogP contribution is -2.20. The molecule has 8 nitrogen and oxygen atoms in total. The summed E-state index contributed by atoms with van der Waals surface area (Å²) >= 11 is 0. The van der Waals surface area contributed by atoms with Crippen LogP contribution in [0.1, 0.15) is 38.3 Å². The first-order chi connectivity index (χ1) is 20.2. The van der Waals surface area contributed by atoms with Crippen molar-refractivity contribution < 1.29 is 40.4 Å². The van der Waals surface area contributed by atoms with Gasteiger partial charge in [0.15, 0.2) is 5.75 Å². The van der Waals surface area contributed by atoms with Crippen LogP contribution in [0.5, 0.6) is 23.0 Å². The van der Waals surface area contributed by atoms with Crippen molar-refractivity contribution in [2.75, 3.05) is 10.6 Å². The van der Waals surface area contributed by atoms with Gasteiger partial charge in [-0.2, -0.15) is 21.6 Å². The van der Waals surface area contributed by atoms with E-state index in [1.54, 1.807) is 42.5 Å². The molecule has 0 aliphatic heterocycles. The van der Waals surface area contributed by atoms with Crippen LogP contribution in [0.15, 0.2) is 95.9 Å². The fourth-order valence-corrected chi connectivity index (χ4v) is 4.59. The first-order valence-corrected chi connectivity index (χ1v) is 14.5. The third-order valence-corrected chi connectivity index (χ3v) is 7.63. The first kappa shape index (κ1) is 31.4. The van der Waals surface area contributed by atoms with E-state index < -0.39 is 43.9 Å². The summed E-state index contributed by atoms with van der Waals surface area (Å²) in [7, 11) is -4.79. The van der Waals surface area contributed by atoms with E-state index in [4.69, 9.17) is 9.47 Å². The third-order valence-electron chi connectivity index (χ3n) is 6.75. The molecule has 0 heterocycles. The van der Waals surface area contributed by atoms with Crippen molar-refractivity contribution in [3.63, 3.8) is 0 Å². The molecule has 2 amide bonds. The number of hydrogen-bond acceptors (Lipinski definition) is 5. The number of benzene rings is 4. The lowest BCUT2D eigenvalue weighted by molar-refractivity contribution is -0.137. The SMILES string of the molecule is CCC(C)(C)c1ccc(Oc2ccc(C(F)(F)F)cc2NC(=O)Nc2ccc(Oc3ccccc3)cc2)c(S(=O)(=O)O)c1. The third kappa shape index (κ3) is 8.05. The van der Waals surface area contributed by atoms with E-state index in [2.05, 4.69) is 10.6 Å². The predicted octanol–water partition coefficient (Wildman–Crippen LogP) is 8.87. The van der Waals surface area contributed by atoms with Crippen LogP contribution in [-0.2, 0) is 21.7 Å². The number of halogens is 3. The highest BCUT2D eigenvalue weighted by atomic mass is 32.2. The van der Waals surface area contributed by atoms with Crippen molar-refractivity contribution in [3.8, 4) is 23.0 Å². The molecule has 4 rings (SSSR count). The van der Waals surface area contributed by atoms with E-state index in [-0.39, 0.29) is 11.5 Å². The van der Waals surface area contributed by atoms with E-state index in [9.17, 15) is 30.9 Å². The summed E-state index contributed by atoms with van der Waals surface area (Å²) in [6.07, 6.45) is -4.09. The molecule has 12 heteroatoms. The number of nitrogens with one attached hydrogen (secondary N) is 2. The van der Waals surface area contributed by atoms with Crippen molar-refractivity contribution >= 4 is 27.5 Å². The average molecular weight is 615 g/mol. The molecule has 0 radical (unpaired) electrons. The highest BCUT2D eigenvalue weighted by Gasteiger charge is 2.32. The van der Waals surface area contributed by atoms with Crippen LogP contribution in [0.2, 0.25) is 0 Å². The van der Waals surface area contributed by atoms with Gasteiger partial charge in [-0.15, -0.1) is 0 Å². The lowest BCUT2D eigenvalue weighted by atomic mass is 9.82. The zero-order valence-electron chi connectivity index (χ0n) is 23.4. The number of carbonyl (C=O) groups excluding carboxylic acids is 1. The van der Waals surface area contributed by atoms with Crippen molar-refractivity contribution in [1.82, 2.24) is 0 Å². The van der Waals surface area contributed by atoms with E-state index >= 15 is 0 Å². The van der Waals surface area contributed by atoms with Crippen molar-refractivity contribution in [3.05, 3.63) is 102 Å². The molecule has 43 heavy (non-hydrogen) atoms. The Labute approximate surface area is 247 Å². The second-order valence-corrected chi connectivity index (χ2v) is 11.6. The molecule has 0 aliphatic rings. The number of rotatable bonds is 9. The van der Waals surface area contributed by atoms with Crippen LogP contribution in [0, 0.1) is 0 Å². The summed E-state index contributed by atoms with van der Waals surface area (Å²) in [4.78, 5) is 12.2. The summed E-state index contributed by atoms with van der Waals surface area (Å²) in [6.45, 7) is 5.68. The van der Waals surface area contributed by atoms with Gasteiger partial charge in [0.1, 0.15) is 22.1 Å². The Balaban J connectivity index is 1.60. The van der Waals surface area contributed by atoms with Crippen LogP contribution >= 0.6 is 0 Å². The Morgan fingerprint density at radius 3 is 2.00 bits per heavy atom. The Morgan fingerprint density at radius 1 is 0.791 bits per heavy atom. The summed E-state index contributed by atoms with van der Waals surface area (Å²) in [5.74, 6) is 0.477. The fraction of sp³-hybridized carbons (Fsp3) is 0.194. The van der Waals surface area contributed by atoms with Gasteiger partial charge in [0.25, 0.3) is 10.1 Å². The predicted molar refractivity (Wildman–Crippen MR) is 157 cm³/mol. The fourth-order valence-electron chi connectivity index (χ4n) is 3.95. The highest BCUT2D eigenvalue weighted by molar-refractivity contribution is 7.86. The number of amides is 2. The minimum Gasteiger partial charge on any atom is -0.457 e. The van der Waals surface area contributed by atoms with Gasteiger partial charge in [-0.25, -0.2) is 4.79 Å². The van der Waals surface area contributed by atoms with E-state index in [0.29, 0.717) is 35.2 Å². The number of anilines is 2. The number of alkyl halides is 3. The van der Waals surface area contributed by atoms with Crippen LogP contribution in [0.25, 0.3) is 0 Å². The molecule has 4 aromatic carbocycles. The molecule has 0 aliphatic carbocycles. The normalized spacial score (nSPS) is 12.0. The Hall–Kier alpha value is -4.55. The topological polar surface area (TPSA) is 114 Å². The lowest BCUT2D eigenvalue weighted by Gasteiger charge is -2.24. The van der Waals surface area contributed by atoms with Crippen molar-refractivity contribution in [1.29, 1.82) is 0 Å². The van der Waals surface area contributed by atoms with E-state index in [1.165, 1.54) is 12.1 Å². The van der Waals surface area contributed by atoms with Gasteiger partial charge in [0, 0.05) is 5.69 Å². The number of ether oxygens (including phenoxy) is 2. The van der Waals surface area contributed by atoms with Crippen LogP contribution in [0.3, 0.4) is 0 Å². The summed E-state index contributed by atoms with van der Waals surface area (Å²) in [6, 6.07) is 20.9. The standard InChI is InChI=1S/C31H29F3N2O6S/c1-4-30(2,3)20-10-17-27(28(19-20)43(38,39)40)42-26-16-11-21(31(32,33)34)18-25(26)36-29(37)35-22-12-14-24(15-13-22)41-23-8-6-5-7-9-23/h5-19H,4H2,1-3H3,(H2,35,36,37)(H,38,39,40). The van der Waals surface area contributed by atoms with Crippen LogP contribution in [-0.4, -0.2) is 19.0 Å². The minimum absolute atomic E-state index is 0.290. The largest absolute Gasteiger partial charge is 0.457 e. The van der Waals surface area contributed by atoms with Gasteiger partial charge in [-0.05, 0) is 84.1 Å². The molecular formula is C31H29F3N2O6S. The van der Waals surface area contributed by atoms with E-state index in [1.807, 2.05) is 39.0 Å². The maximum absolute atomic E-state index is 13.5. The molecular weight excluding hydrogens is 585 g/mol. The second-order valence-electron chi connectivity index (χ2n) is 10.2. The van der Waals surface area contributed by atoms with Gasteiger partial charge < -0.3 is 20.1 Å². The van der Waals surface area contributed by atoms with Gasteiger partial charge in [0.2, 0.25) is 0 Å². The molecule has 0 saturated heterocycles. The maximum atomic E-state index is 13.5. The summed E-state index contributed by atoms with van der Waals surface area (Å²) in [5.41, 5.74) is -0.998. The first-order valence-electron chi connectivity index (χ1n) is 13.1. The second kappa shape index (κ2) is 12.4. The number of urea groups is 1. The van der Waals surface area contributed by atoms with Crippen molar-refractivity contribution in [2.24, 2.45) is 0 Å². The van der Waals surface area contributed by atoms with Gasteiger partial charge >= 0.3 is 12.2 Å². The number of para-hydroxylation sites is 1. The molecule has 4 aromatic rings. The van der Waals surface area contributed by atoms with Gasteiger partial charge in [0.05, 0.1) is 11.3 Å². The zero-order chi connectivity index (χ0) is 31.4. The molecule has 0 aromatic heterocycles. The molecule has 0 atom stereocenters. The molecule has 0 unspecified atom stereocenters. The Morgan fingerprint density at radius 2 is 1.40 bits per heavy atom. The zero-order valence-corrected chi connectivity index (χ0v) is 24.2. The maximum Gasteiger partial charge on any atom is 0.416 e. The average Bonchev–Trinajstić information content (AvgIpc) is 2.94. The summed E-state index contributed by atoms with van der Waals surface area (Å²) in [5, 5.41) is 4.85. The van der Waals surface area contributed by atoms with Crippen LogP contribution < -0.4 is 20.1 Å². The van der Waals surface area contributed by atoms with Gasteiger partial charge in [-0.3, -0.25) is 4.55 Å². The molecule has 3 N–H and O–H groups in total.